The van der Waals surface area contributed by atoms with Gasteiger partial charge in [0.05, 0.1) is 7.18 Å². The lowest BCUT2D eigenvalue weighted by molar-refractivity contribution is 0.0960. The monoisotopic (exact) mass is 700 g/mol. The van der Waals surface area contributed by atoms with Gasteiger partial charge in [-0.2, -0.15) is 0 Å². The van der Waals surface area contributed by atoms with Crippen LogP contribution in [0.5, 0.6) is 11.6 Å². The van der Waals surface area contributed by atoms with E-state index in [9.17, 15) is 9.18 Å². The maximum Gasteiger partial charge on any atom is 0.260 e. The highest BCUT2D eigenvalue weighted by atomic mass is 19.1. The number of ether oxygens (including phenoxy) is 1. The highest BCUT2D eigenvalue weighted by Gasteiger charge is 2.22. The second-order valence-corrected chi connectivity index (χ2v) is 9.66. The first-order chi connectivity index (χ1) is 24.4. The number of piperazine rings is 1. The molecule has 0 atom stereocenters. The summed E-state index contributed by atoms with van der Waals surface area (Å²) >= 11 is 0. The largest absolute Gasteiger partial charge is 0.435 e. The number of alkyl halides is 1. The van der Waals surface area contributed by atoms with E-state index < -0.39 is 11.7 Å². The molecule has 4 N–H and O–H groups in total. The summed E-state index contributed by atoms with van der Waals surface area (Å²) in [5.41, 5.74) is 3.44. The Morgan fingerprint density at radius 3 is 2.02 bits per heavy atom. The molecule has 0 aliphatic carbocycles. The lowest BCUT2D eigenvalue weighted by Crippen LogP contribution is -2.43. The van der Waals surface area contributed by atoms with Gasteiger partial charge in [0.1, 0.15) is 11.9 Å². The van der Waals surface area contributed by atoms with Crippen molar-refractivity contribution in [2.24, 2.45) is 0 Å². The van der Waals surface area contributed by atoms with Crippen molar-refractivity contribution in [2.75, 3.05) is 50.6 Å². The number of amides is 1. The van der Waals surface area contributed by atoms with Crippen molar-refractivity contribution >= 4 is 34.0 Å². The molecule has 5 rings (SSSR count). The van der Waals surface area contributed by atoms with E-state index in [4.69, 9.17) is 4.74 Å². The van der Waals surface area contributed by atoms with E-state index in [0.29, 0.717) is 18.1 Å². The van der Waals surface area contributed by atoms with Crippen molar-refractivity contribution in [2.45, 2.75) is 82.6 Å². The average molecular weight is 700 g/mol. The van der Waals surface area contributed by atoms with Gasteiger partial charge in [-0.15, -0.1) is 0 Å². The molecule has 1 aliphatic rings. The molecule has 11 heteroatoms. The van der Waals surface area contributed by atoms with E-state index in [2.05, 4.69) is 49.6 Å². The van der Waals surface area contributed by atoms with Gasteiger partial charge in [-0.05, 0) is 63.2 Å². The summed E-state index contributed by atoms with van der Waals surface area (Å²) in [6.07, 6.45) is 6.52. The predicted octanol–water partition coefficient (Wildman–Crippen LogP) is 10.4. The number of aryl methyl sites for hydroxylation is 1. The smallest absolute Gasteiger partial charge is 0.260 e. The molecular formula is C39H63F2N7O2. The van der Waals surface area contributed by atoms with E-state index in [0.717, 1.165) is 43.2 Å². The third-order valence-corrected chi connectivity index (χ3v) is 6.26. The Bertz CT molecular complexity index is 1470. The molecule has 1 aliphatic heterocycles. The average Bonchev–Trinajstić information content (AvgIpc) is 3.58. The van der Waals surface area contributed by atoms with Crippen LogP contribution in [0.3, 0.4) is 0 Å². The van der Waals surface area contributed by atoms with Crippen LogP contribution in [0.25, 0.3) is 10.9 Å². The number of hydrogen-bond acceptors (Lipinski definition) is 7. The van der Waals surface area contributed by atoms with Crippen LogP contribution in [0.1, 0.15) is 91.7 Å². The zero-order valence-corrected chi connectivity index (χ0v) is 32.7. The molecule has 280 valence electrons. The van der Waals surface area contributed by atoms with Crippen LogP contribution in [-0.4, -0.2) is 61.3 Å². The zero-order valence-electron chi connectivity index (χ0n) is 32.7. The molecule has 0 bridgehead atoms. The first-order valence-corrected chi connectivity index (χ1v) is 17.7. The van der Waals surface area contributed by atoms with Gasteiger partial charge in [-0.1, -0.05) is 74.0 Å². The molecule has 0 spiro atoms. The number of rotatable bonds is 6. The molecule has 9 nitrogen and oxygen atoms in total. The highest BCUT2D eigenvalue weighted by Crippen LogP contribution is 2.33. The summed E-state index contributed by atoms with van der Waals surface area (Å²) in [4.78, 5) is 26.6. The topological polar surface area (TPSA) is 107 Å². The fourth-order valence-electron chi connectivity index (χ4n) is 4.16. The SMILES string of the molecule is C/C=C/C.CC.CC.CC.CCC.CF.CNC(=O)c1c(Nc2ccc(N3CCNCC3)cc2)ncnc1Oc1ccc2[nH]c(C)cc2c1F. The molecule has 0 saturated carbocycles. The molecule has 1 saturated heterocycles. The Hall–Kier alpha value is -4.51. The van der Waals surface area contributed by atoms with Gasteiger partial charge in [0.25, 0.3) is 5.91 Å². The highest BCUT2D eigenvalue weighted by molar-refractivity contribution is 6.01. The van der Waals surface area contributed by atoms with Crippen molar-refractivity contribution in [1.29, 1.82) is 0 Å². The second kappa shape index (κ2) is 29.4. The van der Waals surface area contributed by atoms with Crippen LogP contribution in [0.2, 0.25) is 0 Å². The molecule has 3 heterocycles. The number of carbonyl (C=O) groups excluding carboxylic acids is 1. The molecule has 4 aromatic rings. The molecule has 0 unspecified atom stereocenters. The molecule has 1 fully saturated rings. The van der Waals surface area contributed by atoms with E-state index >= 15 is 4.39 Å². The van der Waals surface area contributed by atoms with Gasteiger partial charge in [0.15, 0.2) is 17.4 Å². The predicted molar refractivity (Wildman–Crippen MR) is 211 cm³/mol. The lowest BCUT2D eigenvalue weighted by atomic mass is 10.2. The normalized spacial score (nSPS) is 11.1. The number of benzene rings is 2. The Balaban J connectivity index is 0. The van der Waals surface area contributed by atoms with Crippen molar-refractivity contribution in [3.63, 3.8) is 0 Å². The standard InChI is InChI=1S/C25H26FN7O2.C4H8.C3H8.3C2H6.CH3F/c1-15-13-18-19(31-15)7-8-20(22(18)26)35-25-21(24(34)27-2)23(29-14-30-25)32-16-3-5-17(6-4-16)33-11-9-28-10-12-33;1-3-4-2;1-3-2;4*1-2/h3-8,13-14,28,31H,9-12H2,1-2H3,(H,27,34)(H,29,30,32);3-4H,1-2H3;3H2,1-2H3;3*1-2H3;1H3/b;4-3+;;;;;. The van der Waals surface area contributed by atoms with Gasteiger partial charge in [0, 0.05) is 61.2 Å². The number of aromatic nitrogens is 3. The van der Waals surface area contributed by atoms with Gasteiger partial charge in [-0.3, -0.25) is 9.18 Å². The quantitative estimate of drug-likeness (QED) is 0.148. The lowest BCUT2D eigenvalue weighted by Gasteiger charge is -2.29. The fraction of sp³-hybridized carbons (Fsp3) is 0.462. The number of nitrogens with zero attached hydrogens (tertiary/aromatic N) is 3. The van der Waals surface area contributed by atoms with Crippen LogP contribution in [-0.2, 0) is 0 Å². The van der Waals surface area contributed by atoms with E-state index in [1.165, 1.54) is 25.9 Å². The first-order valence-electron chi connectivity index (χ1n) is 17.7. The molecule has 50 heavy (non-hydrogen) atoms. The minimum Gasteiger partial charge on any atom is -0.435 e. The van der Waals surface area contributed by atoms with Crippen LogP contribution in [0.15, 0.2) is 60.9 Å². The number of H-pyrrole nitrogens is 1. The maximum atomic E-state index is 15.1. The Labute approximate surface area is 300 Å². The Morgan fingerprint density at radius 2 is 1.50 bits per heavy atom. The number of aromatic amines is 1. The van der Waals surface area contributed by atoms with E-state index in [1.54, 1.807) is 12.1 Å². The fourth-order valence-corrected chi connectivity index (χ4v) is 4.16. The number of anilines is 3. The number of hydrogen-bond donors (Lipinski definition) is 4. The minimum atomic E-state index is -0.536. The van der Waals surface area contributed by atoms with E-state index in [1.807, 2.05) is 98.7 Å². The van der Waals surface area contributed by atoms with E-state index in [-0.39, 0.29) is 23.0 Å². The summed E-state index contributed by atoms with van der Waals surface area (Å²) in [5.74, 6) is -0.828. The molecule has 2 aromatic heterocycles. The first kappa shape index (κ1) is 47.6. The van der Waals surface area contributed by atoms with Crippen LogP contribution in [0.4, 0.5) is 26.0 Å². The summed E-state index contributed by atoms with van der Waals surface area (Å²) < 4.78 is 30.4. The van der Waals surface area contributed by atoms with Crippen molar-refractivity contribution < 1.29 is 18.3 Å². The number of allylic oxidation sites excluding steroid dienone is 2. The maximum absolute atomic E-state index is 15.1. The third kappa shape index (κ3) is 15.4. The van der Waals surface area contributed by atoms with Crippen molar-refractivity contribution in [3.05, 3.63) is 78.0 Å². The number of nitrogens with one attached hydrogen (secondary N) is 4. The number of halogens is 2. The van der Waals surface area contributed by atoms with Gasteiger partial charge in [0.2, 0.25) is 5.88 Å². The second-order valence-electron chi connectivity index (χ2n) is 9.66. The molecule has 0 radical (unpaired) electrons. The van der Waals surface area contributed by atoms with Crippen LogP contribution >= 0.6 is 0 Å². The minimum absolute atomic E-state index is 0.0355. The summed E-state index contributed by atoms with van der Waals surface area (Å²) in [5, 5.41) is 9.50. The molecular weight excluding hydrogens is 636 g/mol. The van der Waals surface area contributed by atoms with Crippen LogP contribution in [0, 0.1) is 12.7 Å². The van der Waals surface area contributed by atoms with Gasteiger partial charge in [-0.25, -0.2) is 14.4 Å². The summed E-state index contributed by atoms with van der Waals surface area (Å²) in [7, 11) is 2.00. The van der Waals surface area contributed by atoms with Gasteiger partial charge < -0.3 is 30.6 Å². The number of carbonyl (C=O) groups is 1. The number of fused-ring (bicyclic) bond motifs is 1. The summed E-state index contributed by atoms with van der Waals surface area (Å²) in [6.45, 7) is 25.9. The van der Waals surface area contributed by atoms with Crippen LogP contribution < -0.4 is 25.6 Å². The Morgan fingerprint density at radius 1 is 0.940 bits per heavy atom. The van der Waals surface area contributed by atoms with Crippen molar-refractivity contribution in [3.8, 4) is 11.6 Å². The molecule has 2 aromatic carbocycles. The third-order valence-electron chi connectivity index (χ3n) is 6.26. The van der Waals surface area contributed by atoms with Gasteiger partial charge >= 0.3 is 0 Å². The molecule has 1 amide bonds. The zero-order chi connectivity index (χ0) is 38.5. The summed E-state index contributed by atoms with van der Waals surface area (Å²) in [6, 6.07) is 12.8. The Kier molecular flexibility index (Phi) is 28.0. The van der Waals surface area contributed by atoms with Crippen molar-refractivity contribution in [1.82, 2.24) is 25.6 Å².